The quantitative estimate of drug-likeness (QED) is 0.794. The van der Waals surface area contributed by atoms with E-state index in [0.29, 0.717) is 12.2 Å². The largest absolute Gasteiger partial charge is 0.294 e. The van der Waals surface area contributed by atoms with E-state index in [1.165, 1.54) is 4.80 Å². The van der Waals surface area contributed by atoms with Gasteiger partial charge >= 0.3 is 0 Å². The first kappa shape index (κ1) is 11.1. The summed E-state index contributed by atoms with van der Waals surface area (Å²) in [5.41, 5.74) is 2.02. The van der Waals surface area contributed by atoms with Crippen LogP contribution in [0.15, 0.2) is 24.3 Å². The van der Waals surface area contributed by atoms with Crippen LogP contribution in [-0.2, 0) is 19.9 Å². The van der Waals surface area contributed by atoms with Crippen LogP contribution in [0.3, 0.4) is 0 Å². The van der Waals surface area contributed by atoms with Crippen molar-refractivity contribution in [2.75, 3.05) is 0 Å². The van der Waals surface area contributed by atoms with Gasteiger partial charge in [-0.1, -0.05) is 24.3 Å². The predicted molar refractivity (Wildman–Crippen MR) is 65.1 cm³/mol. The van der Waals surface area contributed by atoms with Gasteiger partial charge in [0.1, 0.15) is 0 Å². The number of aryl methyl sites for hydroxylation is 2. The van der Waals surface area contributed by atoms with Crippen molar-refractivity contribution in [3.8, 4) is 0 Å². The van der Waals surface area contributed by atoms with Crippen LogP contribution in [0.1, 0.15) is 28.2 Å². The second-order valence-electron chi connectivity index (χ2n) is 4.66. The molecular weight excluding hydrogens is 228 g/mol. The Kier molecular flexibility index (Phi) is 2.66. The highest BCUT2D eigenvalue weighted by Crippen LogP contribution is 2.27. The van der Waals surface area contributed by atoms with Crippen LogP contribution in [0.25, 0.3) is 0 Å². The van der Waals surface area contributed by atoms with E-state index in [1.807, 2.05) is 24.3 Å². The summed E-state index contributed by atoms with van der Waals surface area (Å²) in [4.78, 5) is 13.8. The zero-order valence-corrected chi connectivity index (χ0v) is 10.2. The van der Waals surface area contributed by atoms with Gasteiger partial charge in [-0.2, -0.15) is 4.80 Å². The molecule has 1 aliphatic rings. The number of aromatic nitrogens is 4. The van der Waals surface area contributed by atoms with Crippen LogP contribution in [0.5, 0.6) is 0 Å². The van der Waals surface area contributed by atoms with E-state index < -0.39 is 0 Å². The minimum atomic E-state index is -0.0101. The van der Waals surface area contributed by atoms with E-state index in [0.717, 1.165) is 24.0 Å². The van der Waals surface area contributed by atoms with Gasteiger partial charge in [-0.15, -0.1) is 10.2 Å². The summed E-state index contributed by atoms with van der Waals surface area (Å²) in [7, 11) is 1.73. The molecule has 2 aromatic rings. The molecule has 0 N–H and O–H groups in total. The Hall–Kier alpha value is -2.04. The van der Waals surface area contributed by atoms with Crippen molar-refractivity contribution in [2.45, 2.75) is 19.3 Å². The summed E-state index contributed by atoms with van der Waals surface area (Å²) in [6.45, 7) is 0. The smallest absolute Gasteiger partial charge is 0.175 e. The van der Waals surface area contributed by atoms with E-state index in [-0.39, 0.29) is 11.7 Å². The molecule has 5 heteroatoms. The van der Waals surface area contributed by atoms with Gasteiger partial charge in [-0.3, -0.25) is 4.79 Å². The van der Waals surface area contributed by atoms with E-state index >= 15 is 0 Å². The maximum Gasteiger partial charge on any atom is 0.175 e. The number of fused-ring (bicyclic) bond motifs is 1. The molecule has 1 unspecified atom stereocenters. The van der Waals surface area contributed by atoms with Crippen LogP contribution in [-0.4, -0.2) is 26.0 Å². The number of nitrogens with zero attached hydrogens (tertiary/aromatic N) is 4. The lowest BCUT2D eigenvalue weighted by molar-refractivity contribution is 0.0900. The highest BCUT2D eigenvalue weighted by atomic mass is 16.1. The minimum Gasteiger partial charge on any atom is -0.294 e. The van der Waals surface area contributed by atoms with Crippen molar-refractivity contribution in [3.63, 3.8) is 0 Å². The van der Waals surface area contributed by atoms with Crippen LogP contribution in [0.4, 0.5) is 0 Å². The molecule has 1 heterocycles. The second kappa shape index (κ2) is 4.33. The normalized spacial score (nSPS) is 18.7. The van der Waals surface area contributed by atoms with Crippen molar-refractivity contribution in [1.29, 1.82) is 0 Å². The topological polar surface area (TPSA) is 60.7 Å². The van der Waals surface area contributed by atoms with Gasteiger partial charge in [-0.25, -0.2) is 0 Å². The molecule has 1 atom stereocenters. The number of carbonyl (C=O) groups is 1. The Morgan fingerprint density at radius 1 is 1.39 bits per heavy atom. The van der Waals surface area contributed by atoms with E-state index in [9.17, 15) is 4.79 Å². The highest BCUT2D eigenvalue weighted by Gasteiger charge is 2.28. The standard InChI is InChI=1S/C13H14N4O/c1-17-15-12(14-16-17)8-10-7-6-9-4-2-3-5-11(9)13(10)18/h2-5,10H,6-8H2,1H3. The fourth-order valence-corrected chi connectivity index (χ4v) is 2.48. The molecule has 1 aromatic carbocycles. The van der Waals surface area contributed by atoms with Gasteiger partial charge in [0.05, 0.1) is 7.05 Å². The van der Waals surface area contributed by atoms with Crippen molar-refractivity contribution >= 4 is 5.78 Å². The molecule has 3 rings (SSSR count). The summed E-state index contributed by atoms with van der Waals surface area (Å²) in [6.07, 6.45) is 2.40. The van der Waals surface area contributed by atoms with Crippen LogP contribution in [0, 0.1) is 5.92 Å². The fourth-order valence-electron chi connectivity index (χ4n) is 2.48. The molecule has 0 amide bonds. The molecule has 0 bridgehead atoms. The number of hydrogen-bond donors (Lipinski definition) is 0. The first-order valence-electron chi connectivity index (χ1n) is 6.09. The van der Waals surface area contributed by atoms with Crippen LogP contribution >= 0.6 is 0 Å². The summed E-state index contributed by atoms with van der Waals surface area (Å²) in [5, 5.41) is 11.9. The summed E-state index contributed by atoms with van der Waals surface area (Å²) < 4.78 is 0. The summed E-state index contributed by atoms with van der Waals surface area (Å²) in [6, 6.07) is 7.84. The highest BCUT2D eigenvalue weighted by molar-refractivity contribution is 6.00. The Balaban J connectivity index is 1.82. The number of hydrogen-bond acceptors (Lipinski definition) is 4. The third kappa shape index (κ3) is 1.92. The van der Waals surface area contributed by atoms with Crippen LogP contribution < -0.4 is 0 Å². The first-order chi connectivity index (χ1) is 8.74. The molecule has 1 aliphatic carbocycles. The van der Waals surface area contributed by atoms with Crippen molar-refractivity contribution in [3.05, 3.63) is 41.2 Å². The van der Waals surface area contributed by atoms with Crippen molar-refractivity contribution in [2.24, 2.45) is 13.0 Å². The number of tetrazole rings is 1. The lowest BCUT2D eigenvalue weighted by Crippen LogP contribution is -2.24. The number of ketones is 1. The fraction of sp³-hybridized carbons (Fsp3) is 0.385. The zero-order valence-electron chi connectivity index (χ0n) is 10.2. The molecule has 92 valence electrons. The van der Waals surface area contributed by atoms with Gasteiger partial charge in [-0.05, 0) is 23.6 Å². The van der Waals surface area contributed by atoms with E-state index in [1.54, 1.807) is 7.05 Å². The minimum absolute atomic E-state index is 0.0101. The third-order valence-corrected chi connectivity index (χ3v) is 3.39. The third-order valence-electron chi connectivity index (χ3n) is 3.39. The molecule has 0 radical (unpaired) electrons. The lowest BCUT2D eigenvalue weighted by Gasteiger charge is -2.21. The molecule has 18 heavy (non-hydrogen) atoms. The average Bonchev–Trinajstić information content (AvgIpc) is 2.79. The number of Topliss-reactive ketones (excluding diaryl/α,β-unsaturated/α-hetero) is 1. The van der Waals surface area contributed by atoms with E-state index in [2.05, 4.69) is 15.4 Å². The van der Waals surface area contributed by atoms with Gasteiger partial charge in [0.2, 0.25) is 0 Å². The number of benzene rings is 1. The molecule has 5 nitrogen and oxygen atoms in total. The second-order valence-corrected chi connectivity index (χ2v) is 4.66. The molecule has 0 fully saturated rings. The zero-order chi connectivity index (χ0) is 12.5. The summed E-state index contributed by atoms with van der Waals surface area (Å²) in [5.74, 6) is 0.851. The maximum atomic E-state index is 12.3. The van der Waals surface area contributed by atoms with Gasteiger partial charge in [0.15, 0.2) is 11.6 Å². The van der Waals surface area contributed by atoms with Crippen molar-refractivity contribution < 1.29 is 4.79 Å². The Morgan fingerprint density at radius 3 is 3.00 bits per heavy atom. The van der Waals surface area contributed by atoms with Gasteiger partial charge in [0, 0.05) is 17.9 Å². The van der Waals surface area contributed by atoms with Crippen molar-refractivity contribution in [1.82, 2.24) is 20.2 Å². The first-order valence-corrected chi connectivity index (χ1v) is 6.09. The van der Waals surface area contributed by atoms with Crippen LogP contribution in [0.2, 0.25) is 0 Å². The predicted octanol–water partition coefficient (Wildman–Crippen LogP) is 1.20. The Morgan fingerprint density at radius 2 is 2.22 bits per heavy atom. The van der Waals surface area contributed by atoms with Gasteiger partial charge < -0.3 is 0 Å². The lowest BCUT2D eigenvalue weighted by atomic mass is 9.81. The number of rotatable bonds is 2. The molecule has 0 aliphatic heterocycles. The Labute approximate surface area is 105 Å². The average molecular weight is 242 g/mol. The molecule has 0 saturated carbocycles. The maximum absolute atomic E-state index is 12.3. The van der Waals surface area contributed by atoms with Gasteiger partial charge in [0.25, 0.3) is 0 Å². The summed E-state index contributed by atoms with van der Waals surface area (Å²) >= 11 is 0. The number of carbonyl (C=O) groups excluding carboxylic acids is 1. The monoisotopic (exact) mass is 242 g/mol. The molecule has 0 saturated heterocycles. The Bertz CT molecular complexity index is 590. The van der Waals surface area contributed by atoms with E-state index in [4.69, 9.17) is 0 Å². The molecule has 1 aromatic heterocycles. The SMILES string of the molecule is Cn1nnc(CC2CCc3ccccc3C2=O)n1. The molecular formula is C13H14N4O. The molecule has 0 spiro atoms.